The predicted molar refractivity (Wildman–Crippen MR) is 61.1 cm³/mol. The zero-order valence-electron chi connectivity index (χ0n) is 8.07. The Balaban J connectivity index is 0. The minimum atomic E-state index is 0.552. The van der Waals surface area contributed by atoms with E-state index in [0.717, 1.165) is 4.91 Å². The van der Waals surface area contributed by atoms with Crippen molar-refractivity contribution in [2.75, 3.05) is 0 Å². The van der Waals surface area contributed by atoms with Crippen LogP contribution in [0.15, 0.2) is 21.9 Å². The van der Waals surface area contributed by atoms with Gasteiger partial charge in [0.05, 0.1) is 9.27 Å². The number of rotatable bonds is 2. The van der Waals surface area contributed by atoms with Gasteiger partial charge in [0.1, 0.15) is 0 Å². The van der Waals surface area contributed by atoms with Crippen LogP contribution in [0, 0.1) is 11.8 Å². The Bertz CT molecular complexity index is 206. The van der Waals surface area contributed by atoms with Crippen molar-refractivity contribution in [2.24, 2.45) is 0 Å². The van der Waals surface area contributed by atoms with Gasteiger partial charge < -0.3 is 0 Å². The second-order valence-electron chi connectivity index (χ2n) is 1.49. The van der Waals surface area contributed by atoms with Crippen LogP contribution in [0.3, 0.4) is 0 Å². The largest absolute Gasteiger partial charge is 0.101 e. The van der Waals surface area contributed by atoms with Crippen molar-refractivity contribution < 1.29 is 0 Å². The molecule has 0 aliphatic heterocycles. The Morgan fingerprint density at radius 3 is 2.25 bits per heavy atom. The van der Waals surface area contributed by atoms with E-state index in [2.05, 4.69) is 18.4 Å². The molecular formula is C10H15ClS. The zero-order valence-corrected chi connectivity index (χ0v) is 9.64. The quantitative estimate of drug-likeness (QED) is 0.599. The summed E-state index contributed by atoms with van der Waals surface area (Å²) in [5.74, 6) is 5.68. The molecule has 0 heterocycles. The molecule has 0 aromatic carbocycles. The monoisotopic (exact) mass is 202 g/mol. The molecule has 0 aromatic rings. The van der Waals surface area contributed by atoms with Crippen molar-refractivity contribution in [1.82, 2.24) is 0 Å². The van der Waals surface area contributed by atoms with Crippen LogP contribution in [0.2, 0.25) is 0 Å². The molecule has 0 nitrogen and oxygen atoms in total. The summed E-state index contributed by atoms with van der Waals surface area (Å²) >= 11 is 6.93. The van der Waals surface area contributed by atoms with Crippen LogP contribution in [0.1, 0.15) is 27.7 Å². The fraction of sp³-hybridized carbons (Fsp3) is 0.400. The summed E-state index contributed by atoms with van der Waals surface area (Å²) in [4.78, 5) is 0.947. The van der Waals surface area contributed by atoms with Crippen LogP contribution in [-0.2, 0) is 0 Å². The van der Waals surface area contributed by atoms with Gasteiger partial charge in [0, 0.05) is 0 Å². The third kappa shape index (κ3) is 9.68. The maximum atomic E-state index is 5.55. The highest BCUT2D eigenvalue weighted by Gasteiger charge is 1.92. The fourth-order valence-electron chi connectivity index (χ4n) is 0.399. The smallest absolute Gasteiger partial charge is 0.0716 e. The van der Waals surface area contributed by atoms with Gasteiger partial charge in [0.15, 0.2) is 0 Å². The number of thioether (sulfide) groups is 1. The molecule has 0 unspecified atom stereocenters. The van der Waals surface area contributed by atoms with Gasteiger partial charge in [-0.15, -0.1) is 5.92 Å². The van der Waals surface area contributed by atoms with E-state index < -0.39 is 0 Å². The molecule has 68 valence electrons. The summed E-state index contributed by atoms with van der Waals surface area (Å²) in [5, 5.41) is 0. The van der Waals surface area contributed by atoms with E-state index in [-0.39, 0.29) is 0 Å². The second-order valence-corrected chi connectivity index (χ2v) is 3.30. The molecule has 12 heavy (non-hydrogen) atoms. The summed E-state index contributed by atoms with van der Waals surface area (Å²) in [6, 6.07) is 0. The third-order valence-corrected chi connectivity index (χ3v) is 1.74. The Morgan fingerprint density at radius 1 is 1.50 bits per heavy atom. The zero-order chi connectivity index (χ0) is 9.98. The van der Waals surface area contributed by atoms with Gasteiger partial charge in [0.2, 0.25) is 0 Å². The third-order valence-electron chi connectivity index (χ3n) is 0.731. The topological polar surface area (TPSA) is 0 Å². The van der Waals surface area contributed by atoms with E-state index in [1.54, 1.807) is 6.92 Å². The van der Waals surface area contributed by atoms with Crippen LogP contribution >= 0.6 is 23.4 Å². The SMILES string of the molecule is C=C(Cl)S/C(C#CC)=C\C.CC. The molecule has 0 fully saturated rings. The Kier molecular flexibility index (Phi) is 12.7. The molecule has 0 spiro atoms. The molecule has 0 amide bonds. The van der Waals surface area contributed by atoms with E-state index >= 15 is 0 Å². The van der Waals surface area contributed by atoms with Crippen LogP contribution < -0.4 is 0 Å². The Labute approximate surface area is 85.1 Å². The van der Waals surface area contributed by atoms with E-state index in [9.17, 15) is 0 Å². The number of allylic oxidation sites excluding steroid dienone is 2. The van der Waals surface area contributed by atoms with Gasteiger partial charge in [-0.05, 0) is 13.8 Å². The molecule has 0 N–H and O–H groups in total. The fourth-order valence-corrected chi connectivity index (χ4v) is 1.16. The first-order chi connectivity index (χ1) is 5.70. The predicted octanol–water partition coefficient (Wildman–Crippen LogP) is 4.38. The summed E-state index contributed by atoms with van der Waals surface area (Å²) in [6.45, 7) is 11.3. The number of halogens is 1. The van der Waals surface area contributed by atoms with Gasteiger partial charge in [-0.1, -0.05) is 55.8 Å². The molecule has 0 atom stereocenters. The average molecular weight is 203 g/mol. The van der Waals surface area contributed by atoms with Gasteiger partial charge in [-0.25, -0.2) is 0 Å². The lowest BCUT2D eigenvalue weighted by Gasteiger charge is -1.92. The molecule has 0 saturated heterocycles. The van der Waals surface area contributed by atoms with Gasteiger partial charge >= 0.3 is 0 Å². The van der Waals surface area contributed by atoms with Crippen molar-refractivity contribution in [3.63, 3.8) is 0 Å². The molecule has 0 saturated carbocycles. The molecule has 0 aliphatic rings. The van der Waals surface area contributed by atoms with Crippen molar-refractivity contribution in [3.05, 3.63) is 21.9 Å². The van der Waals surface area contributed by atoms with E-state index in [1.807, 2.05) is 26.8 Å². The summed E-state index contributed by atoms with van der Waals surface area (Å²) in [6.07, 6.45) is 1.91. The lowest BCUT2D eigenvalue weighted by atomic mass is 10.5. The van der Waals surface area contributed by atoms with Gasteiger partial charge in [0.25, 0.3) is 0 Å². The molecule has 0 bridgehead atoms. The van der Waals surface area contributed by atoms with Gasteiger partial charge in [-0.2, -0.15) is 0 Å². The number of hydrogen-bond donors (Lipinski definition) is 0. The normalized spacial score (nSPS) is 8.92. The highest BCUT2D eigenvalue weighted by molar-refractivity contribution is 8.08. The highest BCUT2D eigenvalue weighted by Crippen LogP contribution is 2.25. The lowest BCUT2D eigenvalue weighted by Crippen LogP contribution is -1.67. The van der Waals surface area contributed by atoms with Crippen molar-refractivity contribution >= 4 is 23.4 Å². The summed E-state index contributed by atoms with van der Waals surface area (Å²) < 4.78 is 0.552. The maximum Gasteiger partial charge on any atom is 0.0716 e. The molecule has 0 rings (SSSR count). The summed E-state index contributed by atoms with van der Waals surface area (Å²) in [7, 11) is 0. The minimum absolute atomic E-state index is 0.552. The maximum absolute atomic E-state index is 5.55. The van der Waals surface area contributed by atoms with Crippen LogP contribution in [-0.4, -0.2) is 0 Å². The van der Waals surface area contributed by atoms with E-state index in [4.69, 9.17) is 11.6 Å². The second kappa shape index (κ2) is 10.7. The highest BCUT2D eigenvalue weighted by atomic mass is 35.5. The van der Waals surface area contributed by atoms with Gasteiger partial charge in [-0.3, -0.25) is 0 Å². The average Bonchev–Trinajstić information content (AvgIpc) is 2.07. The van der Waals surface area contributed by atoms with Crippen molar-refractivity contribution in [1.29, 1.82) is 0 Å². The van der Waals surface area contributed by atoms with E-state index in [0.29, 0.717) is 4.36 Å². The summed E-state index contributed by atoms with van der Waals surface area (Å²) in [5.41, 5.74) is 0. The van der Waals surface area contributed by atoms with Crippen LogP contribution in [0.4, 0.5) is 0 Å². The Morgan fingerprint density at radius 2 is 2.00 bits per heavy atom. The molecular weight excluding hydrogens is 188 g/mol. The first-order valence-corrected chi connectivity index (χ1v) is 5.01. The minimum Gasteiger partial charge on any atom is -0.101 e. The lowest BCUT2D eigenvalue weighted by molar-refractivity contribution is 1.50. The van der Waals surface area contributed by atoms with Crippen LogP contribution in [0.5, 0.6) is 0 Å². The first-order valence-electron chi connectivity index (χ1n) is 3.82. The number of hydrogen-bond acceptors (Lipinski definition) is 1. The Hall–Kier alpha value is -0.320. The molecule has 0 aliphatic carbocycles. The molecule has 0 radical (unpaired) electrons. The van der Waals surface area contributed by atoms with E-state index in [1.165, 1.54) is 11.8 Å². The van der Waals surface area contributed by atoms with Crippen molar-refractivity contribution in [3.8, 4) is 11.8 Å². The van der Waals surface area contributed by atoms with Crippen molar-refractivity contribution in [2.45, 2.75) is 27.7 Å². The molecule has 2 heteroatoms. The van der Waals surface area contributed by atoms with Crippen LogP contribution in [0.25, 0.3) is 0 Å². The standard InChI is InChI=1S/C8H9ClS.C2H6/c1-4-6-8(5-2)10-7(3)9;1-2/h5H,3H2,1-2H3;1-2H3/b8-5-;. The molecule has 0 aromatic heterocycles. The first kappa shape index (κ1) is 14.2.